The summed E-state index contributed by atoms with van der Waals surface area (Å²) in [6.45, 7) is 1.96. The Morgan fingerprint density at radius 2 is 2.15 bits per heavy atom. The highest BCUT2D eigenvalue weighted by Crippen LogP contribution is 2.30. The third-order valence-electron chi connectivity index (χ3n) is 2.18. The Balaban J connectivity index is 2.98. The van der Waals surface area contributed by atoms with Crippen LogP contribution in [0.5, 0.6) is 0 Å². The van der Waals surface area contributed by atoms with E-state index in [1.807, 2.05) is 30.8 Å². The number of nitrogens with zero attached hydrogens (tertiary/aromatic N) is 2. The van der Waals surface area contributed by atoms with Crippen molar-refractivity contribution in [3.8, 4) is 0 Å². The molecule has 13 heavy (non-hydrogen) atoms. The number of aryl methyl sites for hydroxylation is 2. The second-order valence-corrected chi connectivity index (χ2v) is 3.92. The van der Waals surface area contributed by atoms with E-state index < -0.39 is 0 Å². The minimum absolute atomic E-state index is 0.767. The van der Waals surface area contributed by atoms with Crippen molar-refractivity contribution in [2.45, 2.75) is 6.92 Å². The molecule has 4 heteroatoms. The number of aromatic nitrogens is 2. The first-order valence-electron chi connectivity index (χ1n) is 3.98. The lowest BCUT2D eigenvalue weighted by Crippen LogP contribution is -1.90. The fraction of sp³-hybridized carbons (Fsp3) is 0.222. The van der Waals surface area contributed by atoms with Crippen LogP contribution in [0, 0.1) is 6.92 Å². The van der Waals surface area contributed by atoms with Crippen LogP contribution in [0.25, 0.3) is 10.9 Å². The van der Waals surface area contributed by atoms with Crippen LogP contribution in [0.2, 0.25) is 0 Å². The SMILES string of the molecule is Cc1nn(C)c2ccc(Br)c(N)c12. The van der Waals surface area contributed by atoms with Crippen LogP contribution >= 0.6 is 15.9 Å². The summed E-state index contributed by atoms with van der Waals surface area (Å²) in [5.41, 5.74) is 8.74. The number of halogens is 1. The number of nitrogens with two attached hydrogens (primary N) is 1. The normalized spacial score (nSPS) is 11.0. The Morgan fingerprint density at radius 3 is 2.85 bits per heavy atom. The molecule has 0 aliphatic carbocycles. The molecule has 68 valence electrons. The molecule has 0 atom stereocenters. The van der Waals surface area contributed by atoms with Crippen molar-refractivity contribution in [2.24, 2.45) is 7.05 Å². The maximum absolute atomic E-state index is 5.93. The second-order valence-electron chi connectivity index (χ2n) is 3.06. The summed E-state index contributed by atoms with van der Waals surface area (Å²) in [7, 11) is 1.92. The summed E-state index contributed by atoms with van der Waals surface area (Å²) < 4.78 is 2.77. The molecule has 0 saturated carbocycles. The van der Waals surface area contributed by atoms with E-state index in [0.29, 0.717) is 0 Å². The Hall–Kier alpha value is -1.03. The number of hydrogen-bond acceptors (Lipinski definition) is 2. The van der Waals surface area contributed by atoms with Crippen LogP contribution in [0.1, 0.15) is 5.69 Å². The molecule has 1 heterocycles. The Kier molecular flexibility index (Phi) is 1.80. The highest BCUT2D eigenvalue weighted by atomic mass is 79.9. The molecule has 0 fully saturated rings. The average molecular weight is 240 g/mol. The van der Waals surface area contributed by atoms with Crippen LogP contribution in [-0.2, 0) is 7.05 Å². The van der Waals surface area contributed by atoms with Gasteiger partial charge in [0.05, 0.1) is 16.9 Å². The minimum Gasteiger partial charge on any atom is -0.397 e. The standard InChI is InChI=1S/C9H10BrN3/c1-5-8-7(13(2)12-5)4-3-6(10)9(8)11/h3-4H,11H2,1-2H3. The quantitative estimate of drug-likeness (QED) is 0.717. The van der Waals surface area contributed by atoms with Crippen LogP contribution in [-0.4, -0.2) is 9.78 Å². The zero-order valence-electron chi connectivity index (χ0n) is 7.50. The van der Waals surface area contributed by atoms with E-state index in [1.54, 1.807) is 0 Å². The van der Waals surface area contributed by atoms with Crippen LogP contribution in [0.3, 0.4) is 0 Å². The van der Waals surface area contributed by atoms with Crippen molar-refractivity contribution in [3.63, 3.8) is 0 Å². The molecule has 0 saturated heterocycles. The number of benzene rings is 1. The summed E-state index contributed by atoms with van der Waals surface area (Å²) in [6.07, 6.45) is 0. The van der Waals surface area contributed by atoms with Gasteiger partial charge in [0.25, 0.3) is 0 Å². The van der Waals surface area contributed by atoms with E-state index in [1.165, 1.54) is 0 Å². The third-order valence-corrected chi connectivity index (χ3v) is 2.87. The van der Waals surface area contributed by atoms with Crippen molar-refractivity contribution >= 4 is 32.5 Å². The first kappa shape index (κ1) is 8.56. The number of fused-ring (bicyclic) bond motifs is 1. The molecule has 2 aromatic rings. The summed E-state index contributed by atoms with van der Waals surface area (Å²) in [4.78, 5) is 0. The largest absolute Gasteiger partial charge is 0.397 e. The van der Waals surface area contributed by atoms with Gasteiger partial charge in [0, 0.05) is 16.9 Å². The maximum atomic E-state index is 5.93. The number of nitrogen functional groups attached to an aromatic ring is 1. The Morgan fingerprint density at radius 1 is 1.46 bits per heavy atom. The predicted molar refractivity (Wildman–Crippen MR) is 57.6 cm³/mol. The third kappa shape index (κ3) is 1.13. The van der Waals surface area contributed by atoms with Gasteiger partial charge in [0.15, 0.2) is 0 Å². The molecule has 0 unspecified atom stereocenters. The average Bonchev–Trinajstić information content (AvgIpc) is 2.35. The molecule has 2 rings (SSSR count). The molecule has 0 bridgehead atoms. The number of anilines is 1. The smallest absolute Gasteiger partial charge is 0.0703 e. The van der Waals surface area contributed by atoms with Crippen molar-refractivity contribution in [1.82, 2.24) is 9.78 Å². The van der Waals surface area contributed by atoms with E-state index in [9.17, 15) is 0 Å². The molecule has 0 aliphatic rings. The second kappa shape index (κ2) is 2.73. The van der Waals surface area contributed by atoms with Crippen molar-refractivity contribution in [3.05, 3.63) is 22.3 Å². The fourth-order valence-corrected chi connectivity index (χ4v) is 1.89. The van der Waals surface area contributed by atoms with Gasteiger partial charge >= 0.3 is 0 Å². The molecule has 1 aromatic carbocycles. The molecule has 0 amide bonds. The van der Waals surface area contributed by atoms with Gasteiger partial charge in [-0.2, -0.15) is 5.10 Å². The predicted octanol–water partition coefficient (Wildman–Crippen LogP) is 2.23. The Labute approximate surface area is 84.7 Å². The van der Waals surface area contributed by atoms with E-state index in [4.69, 9.17) is 5.73 Å². The minimum atomic E-state index is 0.767. The summed E-state index contributed by atoms with van der Waals surface area (Å²) >= 11 is 3.40. The molecule has 0 aliphatic heterocycles. The highest BCUT2D eigenvalue weighted by Gasteiger charge is 2.09. The van der Waals surface area contributed by atoms with Gasteiger partial charge in [0.1, 0.15) is 0 Å². The van der Waals surface area contributed by atoms with Gasteiger partial charge in [-0.25, -0.2) is 0 Å². The monoisotopic (exact) mass is 239 g/mol. The zero-order chi connectivity index (χ0) is 9.59. The number of hydrogen-bond donors (Lipinski definition) is 1. The lowest BCUT2D eigenvalue weighted by Gasteiger charge is -2.00. The van der Waals surface area contributed by atoms with E-state index in [0.717, 1.165) is 26.8 Å². The van der Waals surface area contributed by atoms with Crippen molar-refractivity contribution in [2.75, 3.05) is 5.73 Å². The summed E-state index contributed by atoms with van der Waals surface area (Å²) in [5.74, 6) is 0. The molecule has 2 N–H and O–H groups in total. The van der Waals surface area contributed by atoms with Crippen molar-refractivity contribution < 1.29 is 0 Å². The van der Waals surface area contributed by atoms with Gasteiger partial charge in [-0.15, -0.1) is 0 Å². The Bertz CT molecular complexity index is 473. The maximum Gasteiger partial charge on any atom is 0.0703 e. The molecule has 1 aromatic heterocycles. The lowest BCUT2D eigenvalue weighted by atomic mass is 10.2. The molecule has 0 radical (unpaired) electrons. The highest BCUT2D eigenvalue weighted by molar-refractivity contribution is 9.10. The van der Waals surface area contributed by atoms with Gasteiger partial charge in [-0.05, 0) is 35.0 Å². The summed E-state index contributed by atoms with van der Waals surface area (Å²) in [5, 5.41) is 5.35. The van der Waals surface area contributed by atoms with E-state index in [-0.39, 0.29) is 0 Å². The molecule has 0 spiro atoms. The van der Waals surface area contributed by atoms with Crippen LogP contribution in [0.15, 0.2) is 16.6 Å². The van der Waals surface area contributed by atoms with Gasteiger partial charge in [-0.3, -0.25) is 4.68 Å². The van der Waals surface area contributed by atoms with Crippen LogP contribution in [0.4, 0.5) is 5.69 Å². The molecule has 3 nitrogen and oxygen atoms in total. The topological polar surface area (TPSA) is 43.8 Å². The van der Waals surface area contributed by atoms with E-state index in [2.05, 4.69) is 21.0 Å². The number of rotatable bonds is 0. The van der Waals surface area contributed by atoms with E-state index >= 15 is 0 Å². The zero-order valence-corrected chi connectivity index (χ0v) is 9.09. The molecular formula is C9H10BrN3. The first-order chi connectivity index (χ1) is 6.11. The lowest BCUT2D eigenvalue weighted by molar-refractivity contribution is 0.783. The fourth-order valence-electron chi connectivity index (χ4n) is 1.56. The summed E-state index contributed by atoms with van der Waals surface area (Å²) in [6, 6.07) is 3.95. The van der Waals surface area contributed by atoms with Crippen molar-refractivity contribution in [1.29, 1.82) is 0 Å². The molecular weight excluding hydrogens is 230 g/mol. The van der Waals surface area contributed by atoms with Gasteiger partial charge in [-0.1, -0.05) is 0 Å². The van der Waals surface area contributed by atoms with Gasteiger partial charge < -0.3 is 5.73 Å². The van der Waals surface area contributed by atoms with Gasteiger partial charge in [0.2, 0.25) is 0 Å². The van der Waals surface area contributed by atoms with Crippen LogP contribution < -0.4 is 5.73 Å². The first-order valence-corrected chi connectivity index (χ1v) is 4.78.